The van der Waals surface area contributed by atoms with Crippen LogP contribution in [0.1, 0.15) is 75.6 Å². The molecule has 0 N–H and O–H groups in total. The number of benzene rings is 2. The average molecular weight is 586 g/mol. The third-order valence-corrected chi connectivity index (χ3v) is 9.49. The van der Waals surface area contributed by atoms with Crippen molar-refractivity contribution in [2.75, 3.05) is 0 Å². The highest BCUT2D eigenvalue weighted by molar-refractivity contribution is 9.10. The molecule has 2 aromatic rings. The largest absolute Gasteiger partial charge is 0.0567 e. The van der Waals surface area contributed by atoms with Crippen molar-refractivity contribution in [3.05, 3.63) is 124 Å². The first-order valence-corrected chi connectivity index (χ1v) is 14.1. The molecule has 4 aliphatic carbocycles. The van der Waals surface area contributed by atoms with E-state index in [0.29, 0.717) is 11.8 Å². The fourth-order valence-electron chi connectivity index (χ4n) is 7.07. The maximum absolute atomic E-state index is 3.69. The Morgan fingerprint density at radius 1 is 0.629 bits per heavy atom. The van der Waals surface area contributed by atoms with Gasteiger partial charge in [-0.3, -0.25) is 0 Å². The lowest BCUT2D eigenvalue weighted by atomic mass is 9.66. The van der Waals surface area contributed by atoms with Gasteiger partial charge in [0.2, 0.25) is 0 Å². The Hall–Kier alpha value is -2.16. The van der Waals surface area contributed by atoms with Crippen molar-refractivity contribution < 1.29 is 0 Å². The monoisotopic (exact) mass is 584 g/mol. The van der Waals surface area contributed by atoms with E-state index in [1.807, 2.05) is 0 Å². The molecule has 0 fully saturated rings. The van der Waals surface area contributed by atoms with Gasteiger partial charge in [0.25, 0.3) is 0 Å². The van der Waals surface area contributed by atoms with Crippen LogP contribution in [0.5, 0.6) is 0 Å². The Balaban J connectivity index is 1.49. The SMILES string of the molecule is CC1=C(C(C)(C)C2=C(C)C=C3C2=Cc2cc(Br)ccc2C3C)C2=Cc3cc(Br)ccc3C(C)C2=C1. The second kappa shape index (κ2) is 7.92. The van der Waals surface area contributed by atoms with Crippen LogP contribution in [0.25, 0.3) is 12.2 Å². The molecule has 0 amide bonds. The molecule has 0 bridgehead atoms. The van der Waals surface area contributed by atoms with E-state index in [4.69, 9.17) is 0 Å². The van der Waals surface area contributed by atoms with Crippen LogP contribution in [-0.4, -0.2) is 0 Å². The molecule has 2 unspecified atom stereocenters. The van der Waals surface area contributed by atoms with E-state index in [9.17, 15) is 0 Å². The van der Waals surface area contributed by atoms with Crippen LogP contribution in [0, 0.1) is 5.41 Å². The summed E-state index contributed by atoms with van der Waals surface area (Å²) in [5.41, 5.74) is 16.9. The van der Waals surface area contributed by atoms with Gasteiger partial charge in [0.15, 0.2) is 0 Å². The Bertz CT molecular complexity index is 1400. The molecule has 2 heteroatoms. The lowest BCUT2D eigenvalue weighted by molar-refractivity contribution is 0.549. The van der Waals surface area contributed by atoms with Gasteiger partial charge in [-0.25, -0.2) is 0 Å². The average Bonchev–Trinajstić information content (AvgIpc) is 3.30. The second-order valence-electron chi connectivity index (χ2n) is 11.0. The van der Waals surface area contributed by atoms with Gasteiger partial charge >= 0.3 is 0 Å². The number of allylic oxidation sites excluding steroid dienone is 10. The predicted molar refractivity (Wildman–Crippen MR) is 156 cm³/mol. The molecule has 0 radical (unpaired) electrons. The van der Waals surface area contributed by atoms with E-state index < -0.39 is 0 Å². The van der Waals surface area contributed by atoms with E-state index in [1.54, 1.807) is 0 Å². The summed E-state index contributed by atoms with van der Waals surface area (Å²) in [5, 5.41) is 0. The van der Waals surface area contributed by atoms with E-state index in [-0.39, 0.29) is 5.41 Å². The molecule has 2 atom stereocenters. The predicted octanol–water partition coefficient (Wildman–Crippen LogP) is 10.5. The third kappa shape index (κ3) is 3.36. The minimum atomic E-state index is -0.116. The van der Waals surface area contributed by atoms with Crippen molar-refractivity contribution in [2.24, 2.45) is 5.41 Å². The van der Waals surface area contributed by atoms with Crippen molar-refractivity contribution in [1.29, 1.82) is 0 Å². The van der Waals surface area contributed by atoms with E-state index >= 15 is 0 Å². The maximum atomic E-state index is 3.69. The van der Waals surface area contributed by atoms with Crippen LogP contribution in [0.2, 0.25) is 0 Å². The second-order valence-corrected chi connectivity index (χ2v) is 12.9. The summed E-state index contributed by atoms with van der Waals surface area (Å²) in [6.45, 7) is 14.2. The zero-order valence-corrected chi connectivity index (χ0v) is 24.4. The Labute approximate surface area is 226 Å². The summed E-state index contributed by atoms with van der Waals surface area (Å²) in [4.78, 5) is 0. The van der Waals surface area contributed by atoms with Crippen molar-refractivity contribution in [3.63, 3.8) is 0 Å². The standard InChI is InChI=1S/C33H30Br2/c1-17-11-27-19(3)25-9-7-23(34)13-21(25)15-29(27)31(17)33(5,6)32-18(2)12-28-20(4)26-10-8-24(35)14-22(26)16-30(28)32/h7-16,19-20H,1-6H3. The minimum absolute atomic E-state index is 0.116. The first-order chi connectivity index (χ1) is 16.6. The molecule has 35 heavy (non-hydrogen) atoms. The van der Waals surface area contributed by atoms with Gasteiger partial charge in [0.05, 0.1) is 0 Å². The van der Waals surface area contributed by atoms with Gasteiger partial charge in [-0.2, -0.15) is 0 Å². The summed E-state index contributed by atoms with van der Waals surface area (Å²) >= 11 is 7.38. The molecule has 0 aromatic heterocycles. The van der Waals surface area contributed by atoms with Crippen LogP contribution in [0.15, 0.2) is 102 Å². The number of fused-ring (bicyclic) bond motifs is 4. The van der Waals surface area contributed by atoms with Crippen LogP contribution in [0.3, 0.4) is 0 Å². The van der Waals surface area contributed by atoms with Crippen LogP contribution in [0.4, 0.5) is 0 Å². The zero-order chi connectivity index (χ0) is 24.8. The molecule has 0 spiro atoms. The topological polar surface area (TPSA) is 0 Å². The summed E-state index contributed by atoms with van der Waals surface area (Å²) in [6, 6.07) is 13.4. The highest BCUT2D eigenvalue weighted by atomic mass is 79.9. The van der Waals surface area contributed by atoms with Crippen LogP contribution < -0.4 is 0 Å². The van der Waals surface area contributed by atoms with Crippen molar-refractivity contribution in [3.8, 4) is 0 Å². The Kier molecular flexibility index (Phi) is 5.26. The minimum Gasteiger partial charge on any atom is -0.0567 e. The smallest absolute Gasteiger partial charge is 0.0181 e. The van der Waals surface area contributed by atoms with Gasteiger partial charge in [-0.05, 0) is 117 Å². The van der Waals surface area contributed by atoms with E-state index in [2.05, 4.69) is 134 Å². The highest BCUT2D eigenvalue weighted by Crippen LogP contribution is 2.58. The van der Waals surface area contributed by atoms with Gasteiger partial charge < -0.3 is 0 Å². The summed E-state index contributed by atoms with van der Waals surface area (Å²) in [5.74, 6) is 0.790. The molecule has 0 nitrogen and oxygen atoms in total. The van der Waals surface area contributed by atoms with E-state index in [0.717, 1.165) is 8.95 Å². The molecule has 0 heterocycles. The molecule has 0 saturated carbocycles. The molecule has 6 rings (SSSR count). The molecule has 2 aromatic carbocycles. The lowest BCUT2D eigenvalue weighted by Gasteiger charge is -2.37. The first kappa shape index (κ1) is 23.3. The molecule has 4 aliphatic rings. The maximum Gasteiger partial charge on any atom is 0.0181 e. The fraction of sp³-hybridized carbons (Fsp3) is 0.273. The summed E-state index contributed by atoms with van der Waals surface area (Å²) < 4.78 is 2.28. The number of hydrogen-bond donors (Lipinski definition) is 0. The molecular formula is C33H30Br2. The fourth-order valence-corrected chi connectivity index (χ4v) is 7.83. The normalized spacial score (nSPS) is 22.7. The first-order valence-electron chi connectivity index (χ1n) is 12.5. The third-order valence-electron chi connectivity index (χ3n) is 8.51. The quantitative estimate of drug-likeness (QED) is 0.329. The molecular weight excluding hydrogens is 556 g/mol. The summed E-state index contributed by atoms with van der Waals surface area (Å²) in [6.07, 6.45) is 9.76. The van der Waals surface area contributed by atoms with E-state index in [1.165, 1.54) is 66.8 Å². The highest BCUT2D eigenvalue weighted by Gasteiger charge is 2.43. The van der Waals surface area contributed by atoms with Crippen LogP contribution in [-0.2, 0) is 0 Å². The zero-order valence-electron chi connectivity index (χ0n) is 21.2. The van der Waals surface area contributed by atoms with Gasteiger partial charge in [-0.1, -0.05) is 83.8 Å². The van der Waals surface area contributed by atoms with Crippen molar-refractivity contribution >= 4 is 44.0 Å². The molecule has 0 saturated heterocycles. The molecule has 0 aliphatic heterocycles. The number of hydrogen-bond acceptors (Lipinski definition) is 0. The van der Waals surface area contributed by atoms with Gasteiger partial charge in [-0.15, -0.1) is 0 Å². The van der Waals surface area contributed by atoms with Crippen LogP contribution >= 0.6 is 31.9 Å². The lowest BCUT2D eigenvalue weighted by Crippen LogP contribution is -2.23. The number of rotatable bonds is 2. The van der Waals surface area contributed by atoms with Crippen molar-refractivity contribution in [1.82, 2.24) is 0 Å². The molecule has 176 valence electrons. The van der Waals surface area contributed by atoms with Gasteiger partial charge in [0, 0.05) is 26.2 Å². The van der Waals surface area contributed by atoms with Gasteiger partial charge in [0.1, 0.15) is 0 Å². The Morgan fingerprint density at radius 2 is 1.03 bits per heavy atom. The summed E-state index contributed by atoms with van der Waals surface area (Å²) in [7, 11) is 0. The number of halogens is 2. The Morgan fingerprint density at radius 3 is 1.43 bits per heavy atom. The van der Waals surface area contributed by atoms with Crippen molar-refractivity contribution in [2.45, 2.75) is 53.4 Å².